The summed E-state index contributed by atoms with van der Waals surface area (Å²) in [7, 11) is 0. The molecule has 18 heavy (non-hydrogen) atoms. The van der Waals surface area contributed by atoms with Crippen LogP contribution in [0.2, 0.25) is 0 Å². The molecular formula is C15H18N2O. The van der Waals surface area contributed by atoms with E-state index in [2.05, 4.69) is 16.4 Å². The first kappa shape index (κ1) is 12.4. The van der Waals surface area contributed by atoms with Gasteiger partial charge < -0.3 is 10.3 Å². The maximum Gasteiger partial charge on any atom is 0.224 e. The lowest BCUT2D eigenvalue weighted by Crippen LogP contribution is -2.12. The number of nitrogens with one attached hydrogen (secondary N) is 2. The van der Waals surface area contributed by atoms with Crippen molar-refractivity contribution in [3.63, 3.8) is 0 Å². The van der Waals surface area contributed by atoms with Gasteiger partial charge in [0.15, 0.2) is 0 Å². The normalized spacial score (nSPS) is 10.3. The summed E-state index contributed by atoms with van der Waals surface area (Å²) in [6.07, 6.45) is 3.11. The van der Waals surface area contributed by atoms with E-state index in [9.17, 15) is 4.79 Å². The Morgan fingerprint density at radius 3 is 2.56 bits per heavy atom. The highest BCUT2D eigenvalue weighted by atomic mass is 16.1. The van der Waals surface area contributed by atoms with Crippen LogP contribution in [0.15, 0.2) is 36.5 Å². The predicted octanol–water partition coefficient (Wildman–Crippen LogP) is 3.20. The lowest BCUT2D eigenvalue weighted by atomic mass is 10.1. The third-order valence-corrected chi connectivity index (χ3v) is 2.79. The van der Waals surface area contributed by atoms with Crippen LogP contribution in [0.4, 0.5) is 5.69 Å². The van der Waals surface area contributed by atoms with Gasteiger partial charge in [-0.1, -0.05) is 6.07 Å². The number of hydrogen-bond donors (Lipinski definition) is 2. The van der Waals surface area contributed by atoms with E-state index in [4.69, 9.17) is 0 Å². The van der Waals surface area contributed by atoms with E-state index >= 15 is 0 Å². The topological polar surface area (TPSA) is 44.9 Å². The van der Waals surface area contributed by atoms with Crippen LogP contribution < -0.4 is 5.32 Å². The molecule has 0 radical (unpaired) electrons. The molecule has 0 atom stereocenters. The molecule has 94 valence electrons. The number of carbonyl (C=O) groups is 1. The van der Waals surface area contributed by atoms with E-state index in [0.717, 1.165) is 28.9 Å². The zero-order valence-corrected chi connectivity index (χ0v) is 10.8. The highest BCUT2D eigenvalue weighted by Crippen LogP contribution is 2.14. The Labute approximate surface area is 107 Å². The van der Waals surface area contributed by atoms with Crippen LogP contribution in [-0.4, -0.2) is 10.9 Å². The number of rotatable bonds is 4. The largest absolute Gasteiger partial charge is 0.365 e. The van der Waals surface area contributed by atoms with Crippen LogP contribution in [0.5, 0.6) is 0 Å². The minimum absolute atomic E-state index is 0.0506. The third kappa shape index (κ3) is 3.48. The molecule has 0 unspecified atom stereocenters. The summed E-state index contributed by atoms with van der Waals surface area (Å²) in [6, 6.07) is 9.99. The summed E-state index contributed by atoms with van der Waals surface area (Å²) >= 11 is 0. The molecule has 1 amide bonds. The molecule has 1 aromatic heterocycles. The van der Waals surface area contributed by atoms with E-state index < -0.39 is 0 Å². The highest BCUT2D eigenvalue weighted by Gasteiger charge is 2.04. The Morgan fingerprint density at radius 1 is 1.22 bits per heavy atom. The first-order valence-corrected chi connectivity index (χ1v) is 6.14. The monoisotopic (exact) mass is 242 g/mol. The average molecular weight is 242 g/mol. The van der Waals surface area contributed by atoms with Crippen molar-refractivity contribution in [1.82, 2.24) is 4.98 Å². The minimum Gasteiger partial charge on any atom is -0.365 e. The fourth-order valence-electron chi connectivity index (χ4n) is 2.04. The number of H-pyrrole nitrogens is 1. The molecule has 0 aliphatic heterocycles. The Kier molecular flexibility index (Phi) is 3.82. The van der Waals surface area contributed by atoms with E-state index in [-0.39, 0.29) is 5.91 Å². The van der Waals surface area contributed by atoms with Crippen LogP contribution in [0.3, 0.4) is 0 Å². The van der Waals surface area contributed by atoms with Crippen LogP contribution in [0, 0.1) is 13.8 Å². The molecule has 1 heterocycles. The number of aryl methyl sites for hydroxylation is 3. The summed E-state index contributed by atoms with van der Waals surface area (Å²) in [6.45, 7) is 4.06. The van der Waals surface area contributed by atoms with Crippen molar-refractivity contribution in [2.45, 2.75) is 26.7 Å². The fourth-order valence-corrected chi connectivity index (χ4v) is 2.04. The summed E-state index contributed by atoms with van der Waals surface area (Å²) in [5.74, 6) is 0.0506. The van der Waals surface area contributed by atoms with Crippen LogP contribution in [-0.2, 0) is 11.2 Å². The zero-order valence-electron chi connectivity index (χ0n) is 10.8. The summed E-state index contributed by atoms with van der Waals surface area (Å²) in [5, 5.41) is 2.93. The van der Waals surface area contributed by atoms with Gasteiger partial charge >= 0.3 is 0 Å². The molecule has 0 aliphatic rings. The highest BCUT2D eigenvalue weighted by molar-refractivity contribution is 5.91. The van der Waals surface area contributed by atoms with Crippen molar-refractivity contribution >= 4 is 11.6 Å². The summed E-state index contributed by atoms with van der Waals surface area (Å²) in [5.41, 5.74) is 4.29. The van der Waals surface area contributed by atoms with Gasteiger partial charge in [0.2, 0.25) is 5.91 Å². The van der Waals surface area contributed by atoms with Gasteiger partial charge in [-0.3, -0.25) is 4.79 Å². The number of aromatic amines is 1. The Morgan fingerprint density at radius 2 is 1.94 bits per heavy atom. The van der Waals surface area contributed by atoms with Crippen molar-refractivity contribution < 1.29 is 4.79 Å². The van der Waals surface area contributed by atoms with Gasteiger partial charge in [-0.2, -0.15) is 0 Å². The first-order chi connectivity index (χ1) is 8.63. The van der Waals surface area contributed by atoms with Gasteiger partial charge in [0, 0.05) is 24.0 Å². The summed E-state index contributed by atoms with van der Waals surface area (Å²) < 4.78 is 0. The standard InChI is InChI=1S/C15H18N2O/c1-11-8-12(2)10-14(9-11)17-15(18)6-5-13-4-3-7-16-13/h3-4,7-10,16H,5-6H2,1-2H3,(H,17,18). The number of carbonyl (C=O) groups excluding carboxylic acids is 1. The van der Waals surface area contributed by atoms with E-state index in [1.54, 1.807) is 0 Å². The molecule has 2 N–H and O–H groups in total. The van der Waals surface area contributed by atoms with Crippen molar-refractivity contribution in [2.24, 2.45) is 0 Å². The molecule has 0 saturated carbocycles. The molecule has 3 nitrogen and oxygen atoms in total. The van der Waals surface area contributed by atoms with Crippen LogP contribution in [0.1, 0.15) is 23.2 Å². The quantitative estimate of drug-likeness (QED) is 0.849. The molecule has 0 spiro atoms. The SMILES string of the molecule is Cc1cc(C)cc(NC(=O)CCc2ccc[nH]2)c1. The summed E-state index contributed by atoms with van der Waals surface area (Å²) in [4.78, 5) is 14.9. The van der Waals surface area contributed by atoms with Gasteiger partial charge in [0.1, 0.15) is 0 Å². The van der Waals surface area contributed by atoms with Gasteiger partial charge in [-0.05, 0) is 55.7 Å². The van der Waals surface area contributed by atoms with Gasteiger partial charge in [-0.25, -0.2) is 0 Å². The van der Waals surface area contributed by atoms with E-state index in [0.29, 0.717) is 6.42 Å². The zero-order chi connectivity index (χ0) is 13.0. The van der Waals surface area contributed by atoms with Crippen LogP contribution in [0.25, 0.3) is 0 Å². The van der Waals surface area contributed by atoms with Crippen molar-refractivity contribution in [1.29, 1.82) is 0 Å². The van der Waals surface area contributed by atoms with Crippen molar-refractivity contribution in [3.8, 4) is 0 Å². The number of amides is 1. The molecule has 2 aromatic rings. The van der Waals surface area contributed by atoms with Crippen LogP contribution >= 0.6 is 0 Å². The third-order valence-electron chi connectivity index (χ3n) is 2.79. The lowest BCUT2D eigenvalue weighted by Gasteiger charge is -2.07. The van der Waals surface area contributed by atoms with Gasteiger partial charge in [-0.15, -0.1) is 0 Å². The molecule has 0 saturated heterocycles. The molecule has 3 heteroatoms. The second-order valence-electron chi connectivity index (χ2n) is 4.62. The van der Waals surface area contributed by atoms with Crippen molar-refractivity contribution in [2.75, 3.05) is 5.32 Å². The molecule has 1 aromatic carbocycles. The second kappa shape index (κ2) is 5.54. The minimum atomic E-state index is 0.0506. The van der Waals surface area contributed by atoms with Crippen molar-refractivity contribution in [3.05, 3.63) is 53.3 Å². The second-order valence-corrected chi connectivity index (χ2v) is 4.62. The Bertz CT molecular complexity index is 509. The molecule has 0 fully saturated rings. The lowest BCUT2D eigenvalue weighted by molar-refractivity contribution is -0.116. The first-order valence-electron chi connectivity index (χ1n) is 6.14. The molecule has 2 rings (SSSR count). The fraction of sp³-hybridized carbons (Fsp3) is 0.267. The Hall–Kier alpha value is -2.03. The Balaban J connectivity index is 1.90. The molecule has 0 aliphatic carbocycles. The number of benzene rings is 1. The maximum atomic E-state index is 11.8. The predicted molar refractivity (Wildman–Crippen MR) is 73.7 cm³/mol. The average Bonchev–Trinajstić information content (AvgIpc) is 2.77. The molecule has 0 bridgehead atoms. The van der Waals surface area contributed by atoms with Gasteiger partial charge in [0.25, 0.3) is 0 Å². The van der Waals surface area contributed by atoms with E-state index in [1.807, 2.05) is 44.3 Å². The van der Waals surface area contributed by atoms with Gasteiger partial charge in [0.05, 0.1) is 0 Å². The van der Waals surface area contributed by atoms with E-state index in [1.165, 1.54) is 0 Å². The maximum absolute atomic E-state index is 11.8. The number of anilines is 1. The number of hydrogen-bond acceptors (Lipinski definition) is 1. The number of aromatic nitrogens is 1. The molecular weight excluding hydrogens is 224 g/mol. The smallest absolute Gasteiger partial charge is 0.224 e.